The number of rotatable bonds is 6. The molecule has 0 unspecified atom stereocenters. The molecule has 0 saturated heterocycles. The van der Waals surface area contributed by atoms with E-state index in [0.29, 0.717) is 22.1 Å². The molecule has 0 fully saturated rings. The number of esters is 1. The monoisotopic (exact) mass is 457 g/mol. The minimum absolute atomic E-state index is 0.212. The number of thiophene rings is 1. The second kappa shape index (κ2) is 9.12. The number of fused-ring (bicyclic) bond motifs is 1. The number of anilines is 1. The number of hydrogen-bond acceptors (Lipinski definition) is 8. The van der Waals surface area contributed by atoms with Crippen molar-refractivity contribution in [2.24, 2.45) is 0 Å². The summed E-state index contributed by atoms with van der Waals surface area (Å²) in [5.74, 6) is 0.680. The predicted octanol–water partition coefficient (Wildman–Crippen LogP) is 4.42. The van der Waals surface area contributed by atoms with Crippen LogP contribution in [0.2, 0.25) is 0 Å². The molecule has 8 nitrogen and oxygen atoms in total. The Morgan fingerprint density at radius 1 is 1.09 bits per heavy atom. The minimum atomic E-state index is -0.574. The van der Waals surface area contributed by atoms with E-state index in [0.717, 1.165) is 27.3 Å². The van der Waals surface area contributed by atoms with Crippen LogP contribution in [-0.4, -0.2) is 42.7 Å². The average Bonchev–Trinajstić information content (AvgIpc) is 3.08. The number of benzene rings is 1. The molecule has 1 amide bonds. The van der Waals surface area contributed by atoms with Gasteiger partial charge in [-0.05, 0) is 31.5 Å². The molecule has 2 heterocycles. The number of aromatic nitrogens is 2. The van der Waals surface area contributed by atoms with Gasteiger partial charge in [0.05, 0.1) is 25.6 Å². The standard InChI is InChI=1S/C23H27N3O5S/c1-12-18-13(2)24-22(23(3,4)5)26-20(18)32-19(12)21(28)31-11-17(27)25-15-10-14(29-6)8-9-16(15)30-7/h8-10H,11H2,1-7H3,(H,25,27). The van der Waals surface area contributed by atoms with Crippen LogP contribution in [0.15, 0.2) is 18.2 Å². The highest BCUT2D eigenvalue weighted by atomic mass is 32.1. The highest BCUT2D eigenvalue weighted by Gasteiger charge is 2.24. The van der Waals surface area contributed by atoms with E-state index in [1.54, 1.807) is 18.2 Å². The van der Waals surface area contributed by atoms with Crippen molar-refractivity contribution in [2.75, 3.05) is 26.1 Å². The number of ether oxygens (including phenoxy) is 3. The van der Waals surface area contributed by atoms with E-state index < -0.39 is 18.5 Å². The third-order valence-electron chi connectivity index (χ3n) is 4.84. The van der Waals surface area contributed by atoms with Crippen molar-refractivity contribution in [3.63, 3.8) is 0 Å². The Morgan fingerprint density at radius 3 is 2.44 bits per heavy atom. The van der Waals surface area contributed by atoms with Gasteiger partial charge in [-0.1, -0.05) is 20.8 Å². The number of carbonyl (C=O) groups is 2. The smallest absolute Gasteiger partial charge is 0.349 e. The summed E-state index contributed by atoms with van der Waals surface area (Å²) in [7, 11) is 3.02. The normalized spacial score (nSPS) is 11.3. The van der Waals surface area contributed by atoms with Gasteiger partial charge in [-0.25, -0.2) is 14.8 Å². The molecule has 0 saturated carbocycles. The first-order chi connectivity index (χ1) is 15.0. The van der Waals surface area contributed by atoms with Gasteiger partial charge >= 0.3 is 5.97 Å². The molecule has 0 aliphatic carbocycles. The molecule has 1 N–H and O–H groups in total. The molecule has 0 aliphatic rings. The van der Waals surface area contributed by atoms with Crippen LogP contribution in [0.1, 0.15) is 47.5 Å². The van der Waals surface area contributed by atoms with Gasteiger partial charge < -0.3 is 19.5 Å². The lowest BCUT2D eigenvalue weighted by atomic mass is 9.95. The Morgan fingerprint density at radius 2 is 1.81 bits per heavy atom. The third kappa shape index (κ3) is 4.83. The molecule has 0 spiro atoms. The molecule has 3 rings (SSSR count). The summed E-state index contributed by atoms with van der Waals surface area (Å²) < 4.78 is 15.7. The second-order valence-electron chi connectivity index (χ2n) is 8.31. The Labute approximate surface area is 190 Å². The van der Waals surface area contributed by atoms with Crippen molar-refractivity contribution in [1.29, 1.82) is 0 Å². The van der Waals surface area contributed by atoms with Gasteiger partial charge in [0.2, 0.25) is 0 Å². The summed E-state index contributed by atoms with van der Waals surface area (Å²) in [5, 5.41) is 3.52. The van der Waals surface area contributed by atoms with Gasteiger partial charge in [0, 0.05) is 16.9 Å². The third-order valence-corrected chi connectivity index (χ3v) is 6.01. The number of hydrogen-bond donors (Lipinski definition) is 1. The van der Waals surface area contributed by atoms with Crippen molar-refractivity contribution >= 4 is 39.1 Å². The van der Waals surface area contributed by atoms with Crippen molar-refractivity contribution in [3.05, 3.63) is 40.2 Å². The number of methoxy groups -OCH3 is 2. The van der Waals surface area contributed by atoms with E-state index in [2.05, 4.69) is 15.3 Å². The van der Waals surface area contributed by atoms with Gasteiger partial charge in [0.15, 0.2) is 6.61 Å². The lowest BCUT2D eigenvalue weighted by molar-refractivity contribution is -0.119. The van der Waals surface area contributed by atoms with Gasteiger partial charge in [0.25, 0.3) is 5.91 Å². The van der Waals surface area contributed by atoms with E-state index in [1.807, 2.05) is 34.6 Å². The van der Waals surface area contributed by atoms with Crippen LogP contribution in [-0.2, 0) is 14.9 Å². The van der Waals surface area contributed by atoms with Crippen LogP contribution in [0.5, 0.6) is 11.5 Å². The van der Waals surface area contributed by atoms with Gasteiger partial charge in [0.1, 0.15) is 27.0 Å². The lowest BCUT2D eigenvalue weighted by Gasteiger charge is -2.16. The Balaban J connectivity index is 1.76. The van der Waals surface area contributed by atoms with Crippen molar-refractivity contribution in [1.82, 2.24) is 9.97 Å². The molecule has 9 heteroatoms. The molecule has 0 bridgehead atoms. The zero-order chi connectivity index (χ0) is 23.6. The van der Waals surface area contributed by atoms with E-state index in [9.17, 15) is 9.59 Å². The summed E-state index contributed by atoms with van der Waals surface area (Å²) in [6.45, 7) is 9.43. The first-order valence-electron chi connectivity index (χ1n) is 10.0. The van der Waals surface area contributed by atoms with Crippen molar-refractivity contribution < 1.29 is 23.8 Å². The van der Waals surface area contributed by atoms with Crippen LogP contribution in [0.4, 0.5) is 5.69 Å². The van der Waals surface area contributed by atoms with Crippen LogP contribution < -0.4 is 14.8 Å². The number of aryl methyl sites for hydroxylation is 2. The zero-order valence-corrected chi connectivity index (χ0v) is 20.1. The first-order valence-corrected chi connectivity index (χ1v) is 10.8. The molecule has 0 radical (unpaired) electrons. The maximum Gasteiger partial charge on any atom is 0.349 e. The fourth-order valence-corrected chi connectivity index (χ4v) is 4.29. The van der Waals surface area contributed by atoms with Crippen molar-refractivity contribution in [3.8, 4) is 11.5 Å². The minimum Gasteiger partial charge on any atom is -0.497 e. The molecule has 170 valence electrons. The molecular weight excluding hydrogens is 430 g/mol. The predicted molar refractivity (Wildman–Crippen MR) is 124 cm³/mol. The van der Waals surface area contributed by atoms with E-state index in [1.165, 1.54) is 25.6 Å². The molecule has 2 aromatic heterocycles. The summed E-state index contributed by atoms with van der Waals surface area (Å²) in [5.41, 5.74) is 1.78. The largest absolute Gasteiger partial charge is 0.497 e. The molecule has 3 aromatic rings. The molecule has 32 heavy (non-hydrogen) atoms. The van der Waals surface area contributed by atoms with Crippen LogP contribution in [0, 0.1) is 13.8 Å². The topological polar surface area (TPSA) is 99.6 Å². The van der Waals surface area contributed by atoms with Crippen LogP contribution in [0.3, 0.4) is 0 Å². The Kier molecular flexibility index (Phi) is 6.68. The summed E-state index contributed by atoms with van der Waals surface area (Å²) >= 11 is 1.25. The molecular formula is C23H27N3O5S. The maximum absolute atomic E-state index is 12.7. The van der Waals surface area contributed by atoms with E-state index >= 15 is 0 Å². The molecule has 1 aromatic carbocycles. The van der Waals surface area contributed by atoms with Gasteiger partial charge in [-0.2, -0.15) is 0 Å². The quantitative estimate of drug-likeness (QED) is 0.547. The molecule has 0 atom stereocenters. The molecule has 0 aliphatic heterocycles. The van der Waals surface area contributed by atoms with Crippen LogP contribution >= 0.6 is 11.3 Å². The number of carbonyl (C=O) groups excluding carboxylic acids is 2. The number of amides is 1. The van der Waals surface area contributed by atoms with Crippen LogP contribution in [0.25, 0.3) is 10.2 Å². The van der Waals surface area contributed by atoms with Gasteiger partial charge in [-0.15, -0.1) is 11.3 Å². The summed E-state index contributed by atoms with van der Waals surface area (Å²) in [6, 6.07) is 5.02. The van der Waals surface area contributed by atoms with E-state index in [4.69, 9.17) is 14.2 Å². The van der Waals surface area contributed by atoms with E-state index in [-0.39, 0.29) is 5.41 Å². The second-order valence-corrected chi connectivity index (χ2v) is 9.31. The maximum atomic E-state index is 12.7. The van der Waals surface area contributed by atoms with Crippen molar-refractivity contribution in [2.45, 2.75) is 40.0 Å². The average molecular weight is 458 g/mol. The fraction of sp³-hybridized carbons (Fsp3) is 0.391. The Bertz CT molecular complexity index is 1180. The highest BCUT2D eigenvalue weighted by molar-refractivity contribution is 7.20. The fourth-order valence-electron chi connectivity index (χ4n) is 3.16. The SMILES string of the molecule is COc1ccc(OC)c(NC(=O)COC(=O)c2sc3nc(C(C)(C)C)nc(C)c3c2C)c1. The number of nitrogens with zero attached hydrogens (tertiary/aromatic N) is 2. The highest BCUT2D eigenvalue weighted by Crippen LogP contribution is 2.33. The van der Waals surface area contributed by atoms with Gasteiger partial charge in [-0.3, -0.25) is 4.79 Å². The summed E-state index contributed by atoms with van der Waals surface area (Å²) in [4.78, 5) is 35.5. The lowest BCUT2D eigenvalue weighted by Crippen LogP contribution is -2.21. The zero-order valence-electron chi connectivity index (χ0n) is 19.3. The summed E-state index contributed by atoms with van der Waals surface area (Å²) in [6.07, 6.45) is 0. The first kappa shape index (κ1) is 23.5. The Hall–Kier alpha value is -3.20. The number of nitrogens with one attached hydrogen (secondary N) is 1.